The van der Waals surface area contributed by atoms with E-state index in [-0.39, 0.29) is 17.6 Å². The van der Waals surface area contributed by atoms with Gasteiger partial charge in [0.1, 0.15) is 5.58 Å². The number of rotatable bonds is 5. The monoisotopic (exact) mass is 453 g/mol. The van der Waals surface area contributed by atoms with Crippen LogP contribution in [0.4, 0.5) is 17.1 Å². The summed E-state index contributed by atoms with van der Waals surface area (Å²) in [6.07, 6.45) is 0. The number of furan rings is 1. The van der Waals surface area contributed by atoms with Gasteiger partial charge in [-0.05, 0) is 65.5 Å². The first-order valence-electron chi connectivity index (χ1n) is 10.2. The van der Waals surface area contributed by atoms with E-state index in [1.54, 1.807) is 47.7 Å². The number of anilines is 3. The van der Waals surface area contributed by atoms with Gasteiger partial charge in [-0.3, -0.25) is 9.59 Å². The third kappa shape index (κ3) is 4.35. The van der Waals surface area contributed by atoms with Crippen molar-refractivity contribution < 1.29 is 14.0 Å². The van der Waals surface area contributed by atoms with E-state index >= 15 is 0 Å². The van der Waals surface area contributed by atoms with Crippen molar-refractivity contribution in [1.29, 1.82) is 0 Å². The summed E-state index contributed by atoms with van der Waals surface area (Å²) in [7, 11) is 0. The molecule has 0 spiro atoms. The molecule has 2 heterocycles. The van der Waals surface area contributed by atoms with Gasteiger partial charge in [0.25, 0.3) is 11.8 Å². The van der Waals surface area contributed by atoms with E-state index in [1.807, 2.05) is 53.9 Å². The maximum atomic E-state index is 12.8. The molecule has 0 unspecified atom stereocenters. The molecule has 0 atom stereocenters. The molecule has 2 amide bonds. The zero-order valence-corrected chi connectivity index (χ0v) is 18.2. The number of nitrogens with one attached hydrogen (secondary N) is 2. The molecule has 162 valence electrons. The lowest BCUT2D eigenvalue weighted by Crippen LogP contribution is -2.14. The van der Waals surface area contributed by atoms with Crippen molar-refractivity contribution in [2.75, 3.05) is 16.4 Å². The summed E-state index contributed by atoms with van der Waals surface area (Å²) in [5, 5.41) is 8.51. The molecule has 0 saturated heterocycles. The van der Waals surface area contributed by atoms with Gasteiger partial charge in [-0.15, -0.1) is 11.3 Å². The van der Waals surface area contributed by atoms with Crippen LogP contribution in [0.3, 0.4) is 0 Å². The fourth-order valence-electron chi connectivity index (χ4n) is 3.45. The van der Waals surface area contributed by atoms with Gasteiger partial charge in [0, 0.05) is 21.5 Å². The normalized spacial score (nSPS) is 10.8. The standard InChI is InChI=1S/C26H19N3O3S/c27-20-12-9-18(24-6-3-13-33-24)14-21(20)29-25(30)16-7-10-19(11-8-16)28-26(31)23-15-17-4-1-2-5-22(17)32-23/h1-15H,27H2,(H,28,31)(H,29,30). The summed E-state index contributed by atoms with van der Waals surface area (Å²) < 4.78 is 5.59. The molecule has 2 aromatic heterocycles. The van der Waals surface area contributed by atoms with Crippen LogP contribution in [0.15, 0.2) is 94.7 Å². The lowest BCUT2D eigenvalue weighted by Gasteiger charge is -2.10. The first-order chi connectivity index (χ1) is 16.1. The van der Waals surface area contributed by atoms with Crippen molar-refractivity contribution in [1.82, 2.24) is 0 Å². The Balaban J connectivity index is 1.28. The van der Waals surface area contributed by atoms with E-state index in [0.29, 0.717) is 28.2 Å². The summed E-state index contributed by atoms with van der Waals surface area (Å²) in [6, 6.07) is 25.3. The minimum Gasteiger partial charge on any atom is -0.451 e. The molecule has 3 aromatic carbocycles. The quantitative estimate of drug-likeness (QED) is 0.274. The lowest BCUT2D eigenvalue weighted by atomic mass is 10.1. The molecular weight excluding hydrogens is 434 g/mol. The SMILES string of the molecule is Nc1ccc(-c2cccs2)cc1NC(=O)c1ccc(NC(=O)c2cc3ccccc3o2)cc1. The molecule has 5 aromatic rings. The van der Waals surface area contributed by atoms with E-state index in [1.165, 1.54) is 0 Å². The zero-order chi connectivity index (χ0) is 22.8. The van der Waals surface area contributed by atoms with Crippen LogP contribution in [-0.4, -0.2) is 11.8 Å². The average Bonchev–Trinajstić information content (AvgIpc) is 3.51. The highest BCUT2D eigenvalue weighted by atomic mass is 32.1. The van der Waals surface area contributed by atoms with E-state index in [9.17, 15) is 9.59 Å². The maximum absolute atomic E-state index is 12.8. The number of nitrogens with two attached hydrogens (primary N) is 1. The first-order valence-corrected chi connectivity index (χ1v) is 11.1. The Morgan fingerprint density at radius 1 is 0.818 bits per heavy atom. The van der Waals surface area contributed by atoms with Crippen LogP contribution in [0.5, 0.6) is 0 Å². The molecule has 0 aliphatic rings. The molecule has 5 rings (SSSR count). The van der Waals surface area contributed by atoms with Gasteiger partial charge in [0.15, 0.2) is 5.76 Å². The number of hydrogen-bond donors (Lipinski definition) is 3. The van der Waals surface area contributed by atoms with Crippen molar-refractivity contribution in [3.05, 3.63) is 102 Å². The molecule has 33 heavy (non-hydrogen) atoms. The predicted octanol–water partition coefficient (Wildman–Crippen LogP) is 6.25. The number of para-hydroxylation sites is 1. The van der Waals surface area contributed by atoms with E-state index in [4.69, 9.17) is 10.2 Å². The molecule has 6 nitrogen and oxygen atoms in total. The number of fused-ring (bicyclic) bond motifs is 1. The maximum Gasteiger partial charge on any atom is 0.291 e. The number of thiophene rings is 1. The third-order valence-corrected chi connectivity index (χ3v) is 6.08. The smallest absolute Gasteiger partial charge is 0.291 e. The largest absolute Gasteiger partial charge is 0.451 e. The van der Waals surface area contributed by atoms with Crippen molar-refractivity contribution in [3.63, 3.8) is 0 Å². The summed E-state index contributed by atoms with van der Waals surface area (Å²) in [5.74, 6) is -0.430. The van der Waals surface area contributed by atoms with Crippen LogP contribution < -0.4 is 16.4 Å². The van der Waals surface area contributed by atoms with Crippen LogP contribution in [0.2, 0.25) is 0 Å². The summed E-state index contributed by atoms with van der Waals surface area (Å²) in [6.45, 7) is 0. The molecule has 4 N–H and O–H groups in total. The van der Waals surface area contributed by atoms with Crippen LogP contribution in [0, 0.1) is 0 Å². The number of benzene rings is 3. The molecule has 0 radical (unpaired) electrons. The van der Waals surface area contributed by atoms with E-state index < -0.39 is 0 Å². The highest BCUT2D eigenvalue weighted by Crippen LogP contribution is 2.30. The minimum absolute atomic E-state index is 0.221. The van der Waals surface area contributed by atoms with Gasteiger partial charge in [-0.25, -0.2) is 0 Å². The van der Waals surface area contributed by atoms with Crippen molar-refractivity contribution in [2.24, 2.45) is 0 Å². The molecular formula is C26H19N3O3S. The van der Waals surface area contributed by atoms with Crippen molar-refractivity contribution in [3.8, 4) is 10.4 Å². The van der Waals surface area contributed by atoms with Crippen LogP contribution in [0.1, 0.15) is 20.9 Å². The topological polar surface area (TPSA) is 97.4 Å². The van der Waals surface area contributed by atoms with Crippen LogP contribution in [-0.2, 0) is 0 Å². The summed E-state index contributed by atoms with van der Waals surface area (Å²) >= 11 is 1.62. The summed E-state index contributed by atoms with van der Waals surface area (Å²) in [5.41, 5.74) is 9.73. The van der Waals surface area contributed by atoms with Gasteiger partial charge in [0.05, 0.1) is 11.4 Å². The van der Waals surface area contributed by atoms with Gasteiger partial charge >= 0.3 is 0 Å². The van der Waals surface area contributed by atoms with Gasteiger partial charge < -0.3 is 20.8 Å². The van der Waals surface area contributed by atoms with Crippen LogP contribution in [0.25, 0.3) is 21.4 Å². The fourth-order valence-corrected chi connectivity index (χ4v) is 4.17. The van der Waals surface area contributed by atoms with Crippen molar-refractivity contribution in [2.45, 2.75) is 0 Å². The molecule has 7 heteroatoms. The summed E-state index contributed by atoms with van der Waals surface area (Å²) in [4.78, 5) is 26.4. The van der Waals surface area contributed by atoms with Gasteiger partial charge in [-0.1, -0.05) is 30.3 Å². The third-order valence-electron chi connectivity index (χ3n) is 5.16. The van der Waals surface area contributed by atoms with Crippen LogP contribution >= 0.6 is 11.3 Å². The van der Waals surface area contributed by atoms with E-state index in [2.05, 4.69) is 10.6 Å². The minimum atomic E-state index is -0.360. The second-order valence-electron chi connectivity index (χ2n) is 7.41. The Morgan fingerprint density at radius 2 is 1.64 bits per heavy atom. The molecule has 0 bridgehead atoms. The first kappa shape index (κ1) is 20.5. The van der Waals surface area contributed by atoms with Gasteiger partial charge in [-0.2, -0.15) is 0 Å². The molecule has 0 saturated carbocycles. The Kier molecular flexibility index (Phi) is 5.38. The number of hydrogen-bond acceptors (Lipinski definition) is 5. The Labute approximate surface area is 193 Å². The number of carbonyl (C=O) groups is 2. The lowest BCUT2D eigenvalue weighted by molar-refractivity contribution is 0.0997. The molecule has 0 aliphatic carbocycles. The predicted molar refractivity (Wildman–Crippen MR) is 133 cm³/mol. The number of nitrogen functional groups attached to an aromatic ring is 1. The highest BCUT2D eigenvalue weighted by Gasteiger charge is 2.14. The Bertz CT molecular complexity index is 1420. The second kappa shape index (κ2) is 8.64. The molecule has 0 aliphatic heterocycles. The van der Waals surface area contributed by atoms with Gasteiger partial charge in [0.2, 0.25) is 0 Å². The highest BCUT2D eigenvalue weighted by molar-refractivity contribution is 7.13. The fraction of sp³-hybridized carbons (Fsp3) is 0. The molecule has 0 fully saturated rings. The zero-order valence-electron chi connectivity index (χ0n) is 17.4. The number of amides is 2. The van der Waals surface area contributed by atoms with E-state index in [0.717, 1.165) is 15.8 Å². The Hall–Kier alpha value is -4.36. The number of carbonyl (C=O) groups excluding carboxylic acids is 2. The Morgan fingerprint density at radius 3 is 2.39 bits per heavy atom. The average molecular weight is 454 g/mol. The second-order valence-corrected chi connectivity index (χ2v) is 8.36. The van der Waals surface area contributed by atoms with Crippen molar-refractivity contribution >= 4 is 51.2 Å².